The van der Waals surface area contributed by atoms with E-state index in [1.54, 1.807) is 13.2 Å². The lowest BCUT2D eigenvalue weighted by Crippen LogP contribution is -1.94. The van der Waals surface area contributed by atoms with E-state index in [1.807, 2.05) is 48.5 Å². The molecule has 0 saturated heterocycles. The van der Waals surface area contributed by atoms with Crippen LogP contribution in [0.2, 0.25) is 0 Å². The molecule has 3 aromatic rings. The first-order valence-electron chi connectivity index (χ1n) is 5.79. The average Bonchev–Trinajstić information content (AvgIpc) is 2.57. The molecule has 0 aliphatic heterocycles. The quantitative estimate of drug-likeness (QED) is 0.647. The third-order valence-electron chi connectivity index (χ3n) is 3.16. The van der Waals surface area contributed by atoms with Gasteiger partial charge in [0.1, 0.15) is 5.75 Å². The number of fused-ring (bicyclic) bond motifs is 3. The second-order valence-corrected chi connectivity index (χ2v) is 4.20. The smallest absolute Gasteiger partial charge is 0.186 e. The van der Waals surface area contributed by atoms with Gasteiger partial charge in [0, 0.05) is 5.39 Å². The van der Waals surface area contributed by atoms with Crippen LogP contribution in [-0.4, -0.2) is 7.11 Å². The second-order valence-electron chi connectivity index (χ2n) is 4.20. The number of hydrogen-bond donors (Lipinski definition) is 0. The Balaban J connectivity index is 2.62. The van der Waals surface area contributed by atoms with E-state index in [4.69, 9.17) is 4.74 Å². The molecule has 0 radical (unpaired) electrons. The highest BCUT2D eigenvalue weighted by Crippen LogP contribution is 2.25. The van der Waals surface area contributed by atoms with E-state index < -0.39 is 0 Å². The molecule has 2 nitrogen and oxygen atoms in total. The predicted molar refractivity (Wildman–Crippen MR) is 74.3 cm³/mol. The monoisotopic (exact) mass is 236 g/mol. The Morgan fingerprint density at radius 2 is 1.67 bits per heavy atom. The van der Waals surface area contributed by atoms with Crippen LogP contribution in [-0.2, 0) is 0 Å². The van der Waals surface area contributed by atoms with Gasteiger partial charge in [0.2, 0.25) is 0 Å². The summed E-state index contributed by atoms with van der Waals surface area (Å²) in [5, 5.41) is 3.77. The molecular weight excluding hydrogens is 224 g/mol. The van der Waals surface area contributed by atoms with Crippen molar-refractivity contribution >= 4 is 21.5 Å². The molecule has 0 atom stereocenters. The lowest BCUT2D eigenvalue weighted by molar-refractivity contribution is 0.415. The van der Waals surface area contributed by atoms with Crippen LogP contribution in [0, 0.1) is 0 Å². The Morgan fingerprint density at radius 1 is 0.833 bits per heavy atom. The molecule has 0 spiro atoms. The van der Waals surface area contributed by atoms with Gasteiger partial charge in [-0.05, 0) is 40.4 Å². The molecule has 0 aliphatic rings. The molecule has 18 heavy (non-hydrogen) atoms. The van der Waals surface area contributed by atoms with Crippen molar-refractivity contribution in [3.63, 3.8) is 0 Å². The lowest BCUT2D eigenvalue weighted by Gasteiger charge is -2.01. The molecule has 2 heteroatoms. The fraction of sp³-hybridized carbons (Fsp3) is 0.0625. The van der Waals surface area contributed by atoms with Crippen LogP contribution in [0.25, 0.3) is 21.5 Å². The molecule has 3 aromatic carbocycles. The van der Waals surface area contributed by atoms with Gasteiger partial charge in [0.05, 0.1) is 7.11 Å². The highest BCUT2D eigenvalue weighted by molar-refractivity contribution is 6.06. The van der Waals surface area contributed by atoms with Crippen molar-refractivity contribution in [2.75, 3.05) is 7.11 Å². The zero-order chi connectivity index (χ0) is 12.5. The van der Waals surface area contributed by atoms with Crippen molar-refractivity contribution in [3.8, 4) is 5.75 Å². The average molecular weight is 236 g/mol. The fourth-order valence-corrected chi connectivity index (χ4v) is 2.23. The third-order valence-corrected chi connectivity index (χ3v) is 3.16. The van der Waals surface area contributed by atoms with E-state index in [0.717, 1.165) is 27.3 Å². The Hall–Kier alpha value is -2.35. The van der Waals surface area contributed by atoms with Crippen LogP contribution >= 0.6 is 0 Å². The van der Waals surface area contributed by atoms with Gasteiger partial charge in [-0.15, -0.1) is 0 Å². The van der Waals surface area contributed by atoms with Crippen molar-refractivity contribution in [1.82, 2.24) is 0 Å². The number of hydrogen-bond acceptors (Lipinski definition) is 2. The maximum Gasteiger partial charge on any atom is 0.186 e. The highest BCUT2D eigenvalue weighted by atomic mass is 16.5. The summed E-state index contributed by atoms with van der Waals surface area (Å²) >= 11 is 0. The molecule has 0 heterocycles. The van der Waals surface area contributed by atoms with Gasteiger partial charge in [-0.25, -0.2) is 0 Å². The van der Waals surface area contributed by atoms with Gasteiger partial charge in [-0.1, -0.05) is 30.3 Å². The van der Waals surface area contributed by atoms with Crippen LogP contribution in [0.15, 0.2) is 59.4 Å². The summed E-state index contributed by atoms with van der Waals surface area (Å²) in [6.07, 6.45) is 0. The first-order valence-corrected chi connectivity index (χ1v) is 5.79. The number of benzene rings is 2. The van der Waals surface area contributed by atoms with E-state index in [0.29, 0.717) is 0 Å². The zero-order valence-electron chi connectivity index (χ0n) is 10.0. The maximum absolute atomic E-state index is 12.0. The van der Waals surface area contributed by atoms with Gasteiger partial charge in [-0.2, -0.15) is 0 Å². The van der Waals surface area contributed by atoms with Crippen molar-refractivity contribution in [2.45, 2.75) is 0 Å². The Bertz CT molecular complexity index is 791. The summed E-state index contributed by atoms with van der Waals surface area (Å²) in [7, 11) is 1.63. The van der Waals surface area contributed by atoms with Gasteiger partial charge in [0.15, 0.2) is 5.43 Å². The normalized spacial score (nSPS) is 10.7. The van der Waals surface area contributed by atoms with Crippen LogP contribution < -0.4 is 10.2 Å². The van der Waals surface area contributed by atoms with Crippen molar-refractivity contribution in [1.29, 1.82) is 0 Å². The number of ether oxygens (including phenoxy) is 1. The number of methoxy groups -OCH3 is 1. The molecule has 0 bridgehead atoms. The first-order chi connectivity index (χ1) is 8.79. The Kier molecular flexibility index (Phi) is 2.49. The Labute approximate surface area is 104 Å². The summed E-state index contributed by atoms with van der Waals surface area (Å²) in [5.41, 5.74) is 0.0313. The summed E-state index contributed by atoms with van der Waals surface area (Å²) in [4.78, 5) is 12.0. The van der Waals surface area contributed by atoms with E-state index in [9.17, 15) is 4.79 Å². The minimum Gasteiger partial charge on any atom is -0.497 e. The predicted octanol–water partition coefficient (Wildman–Crippen LogP) is 3.36. The zero-order valence-corrected chi connectivity index (χ0v) is 10.0. The van der Waals surface area contributed by atoms with Gasteiger partial charge < -0.3 is 4.74 Å². The first kappa shape index (κ1) is 10.8. The van der Waals surface area contributed by atoms with Crippen molar-refractivity contribution in [2.24, 2.45) is 0 Å². The van der Waals surface area contributed by atoms with Gasteiger partial charge in [-0.3, -0.25) is 4.79 Å². The van der Waals surface area contributed by atoms with E-state index >= 15 is 0 Å². The molecule has 0 fully saturated rings. The SMILES string of the molecule is COc1ccc2c(=O)ccc3ccccc3c2c1. The van der Waals surface area contributed by atoms with Crippen LogP contribution in [0.4, 0.5) is 0 Å². The molecule has 3 rings (SSSR count). The van der Waals surface area contributed by atoms with Crippen molar-refractivity contribution in [3.05, 3.63) is 64.8 Å². The second kappa shape index (κ2) is 4.15. The summed E-state index contributed by atoms with van der Waals surface area (Å²) < 4.78 is 5.24. The molecule has 0 unspecified atom stereocenters. The number of rotatable bonds is 1. The molecule has 0 amide bonds. The van der Waals surface area contributed by atoms with E-state index in [2.05, 4.69) is 0 Å². The minimum absolute atomic E-state index is 0.0313. The minimum atomic E-state index is 0.0313. The summed E-state index contributed by atoms with van der Waals surface area (Å²) in [6, 6.07) is 17.0. The highest BCUT2D eigenvalue weighted by Gasteiger charge is 2.03. The van der Waals surface area contributed by atoms with Gasteiger partial charge >= 0.3 is 0 Å². The standard InChI is InChI=1S/C16H12O2/c1-18-12-7-8-14-15(10-12)13-5-3-2-4-11(13)6-9-16(14)17/h2-10H,1H3. The molecule has 0 N–H and O–H groups in total. The molecule has 0 saturated carbocycles. The molecule has 0 aliphatic carbocycles. The maximum atomic E-state index is 12.0. The molecular formula is C16H12O2. The van der Waals surface area contributed by atoms with E-state index in [-0.39, 0.29) is 5.43 Å². The van der Waals surface area contributed by atoms with Crippen LogP contribution in [0.3, 0.4) is 0 Å². The third kappa shape index (κ3) is 1.63. The topological polar surface area (TPSA) is 26.3 Å². The van der Waals surface area contributed by atoms with Crippen molar-refractivity contribution < 1.29 is 4.74 Å². The van der Waals surface area contributed by atoms with Gasteiger partial charge in [0.25, 0.3) is 0 Å². The largest absolute Gasteiger partial charge is 0.497 e. The van der Waals surface area contributed by atoms with Crippen LogP contribution in [0.1, 0.15) is 0 Å². The fourth-order valence-electron chi connectivity index (χ4n) is 2.23. The summed E-state index contributed by atoms with van der Waals surface area (Å²) in [5.74, 6) is 0.762. The molecule has 88 valence electrons. The molecule has 0 aromatic heterocycles. The van der Waals surface area contributed by atoms with E-state index in [1.165, 1.54) is 0 Å². The lowest BCUT2D eigenvalue weighted by atomic mass is 10.1. The van der Waals surface area contributed by atoms with Crippen LogP contribution in [0.5, 0.6) is 5.75 Å². The Morgan fingerprint density at radius 3 is 2.50 bits per heavy atom. The summed E-state index contributed by atoms with van der Waals surface area (Å²) in [6.45, 7) is 0.